The van der Waals surface area contributed by atoms with E-state index in [4.69, 9.17) is 4.42 Å². The molecule has 1 aliphatic rings. The van der Waals surface area contributed by atoms with E-state index < -0.39 is 0 Å². The van der Waals surface area contributed by atoms with Crippen molar-refractivity contribution in [1.82, 2.24) is 10.3 Å². The van der Waals surface area contributed by atoms with Crippen LogP contribution in [-0.4, -0.2) is 22.5 Å². The zero-order chi connectivity index (χ0) is 8.93. The van der Waals surface area contributed by atoms with Gasteiger partial charge in [0.05, 0.1) is 12.7 Å². The van der Waals surface area contributed by atoms with Crippen molar-refractivity contribution in [2.24, 2.45) is 0 Å². The third kappa shape index (κ3) is 2.74. The lowest BCUT2D eigenvalue weighted by Crippen LogP contribution is -2.33. The summed E-state index contributed by atoms with van der Waals surface area (Å²) in [7, 11) is 0. The molecule has 1 fully saturated rings. The second kappa shape index (κ2) is 4.67. The van der Waals surface area contributed by atoms with Crippen LogP contribution in [0.2, 0.25) is 0 Å². The lowest BCUT2D eigenvalue weighted by Gasteiger charge is -2.21. The normalized spacial score (nSPS) is 23.2. The minimum absolute atomic E-state index is 0.656. The maximum atomic E-state index is 5.14. The Morgan fingerprint density at radius 2 is 2.69 bits per heavy atom. The molecule has 1 saturated heterocycles. The SMILES string of the molecule is c1ncc(CNC2CCCSC2)o1. The molecule has 0 bridgehead atoms. The average molecular weight is 198 g/mol. The molecule has 0 saturated carbocycles. The summed E-state index contributed by atoms with van der Waals surface area (Å²) in [5, 5.41) is 3.47. The molecule has 4 heteroatoms. The molecule has 2 rings (SSSR count). The van der Waals surface area contributed by atoms with E-state index in [-0.39, 0.29) is 0 Å². The number of hydrogen-bond donors (Lipinski definition) is 1. The van der Waals surface area contributed by atoms with E-state index in [0.717, 1.165) is 12.3 Å². The molecule has 72 valence electrons. The first-order chi connectivity index (χ1) is 6.45. The van der Waals surface area contributed by atoms with Gasteiger partial charge in [-0.25, -0.2) is 4.98 Å². The highest BCUT2D eigenvalue weighted by Gasteiger charge is 2.12. The monoisotopic (exact) mass is 198 g/mol. The standard InChI is InChI=1S/C9H14N2OS/c1-2-8(6-13-3-1)11-5-9-4-10-7-12-9/h4,7-8,11H,1-3,5-6H2. The lowest BCUT2D eigenvalue weighted by atomic mass is 10.2. The maximum absolute atomic E-state index is 5.14. The Labute approximate surface area is 82.3 Å². The van der Waals surface area contributed by atoms with Gasteiger partial charge in [-0.2, -0.15) is 11.8 Å². The molecular formula is C9H14N2OS. The second-order valence-corrected chi connectivity index (χ2v) is 4.41. The van der Waals surface area contributed by atoms with Crippen LogP contribution in [0.4, 0.5) is 0 Å². The van der Waals surface area contributed by atoms with Gasteiger partial charge in [-0.05, 0) is 18.6 Å². The first-order valence-corrected chi connectivity index (χ1v) is 5.79. The molecular weight excluding hydrogens is 184 g/mol. The summed E-state index contributed by atoms with van der Waals surface area (Å²) < 4.78 is 5.14. The van der Waals surface area contributed by atoms with Crippen LogP contribution in [0.1, 0.15) is 18.6 Å². The van der Waals surface area contributed by atoms with Gasteiger partial charge in [0, 0.05) is 11.8 Å². The van der Waals surface area contributed by atoms with Crippen LogP contribution in [0.25, 0.3) is 0 Å². The number of oxazole rings is 1. The van der Waals surface area contributed by atoms with E-state index in [1.807, 2.05) is 11.8 Å². The molecule has 0 amide bonds. The fourth-order valence-corrected chi connectivity index (χ4v) is 2.58. The van der Waals surface area contributed by atoms with Gasteiger partial charge in [0.2, 0.25) is 0 Å². The number of rotatable bonds is 3. The Bertz CT molecular complexity index is 232. The Morgan fingerprint density at radius 3 is 3.38 bits per heavy atom. The van der Waals surface area contributed by atoms with Crippen LogP contribution in [0.15, 0.2) is 17.0 Å². The van der Waals surface area contributed by atoms with Crippen molar-refractivity contribution in [1.29, 1.82) is 0 Å². The fraction of sp³-hybridized carbons (Fsp3) is 0.667. The lowest BCUT2D eigenvalue weighted by molar-refractivity contribution is 0.440. The van der Waals surface area contributed by atoms with E-state index in [0.29, 0.717) is 6.04 Å². The minimum Gasteiger partial charge on any atom is -0.447 e. The van der Waals surface area contributed by atoms with Gasteiger partial charge in [-0.3, -0.25) is 0 Å². The summed E-state index contributed by atoms with van der Waals surface area (Å²) in [6.07, 6.45) is 5.87. The highest BCUT2D eigenvalue weighted by molar-refractivity contribution is 7.99. The Balaban J connectivity index is 1.72. The number of nitrogens with one attached hydrogen (secondary N) is 1. The number of nitrogens with zero attached hydrogens (tertiary/aromatic N) is 1. The quantitative estimate of drug-likeness (QED) is 0.801. The van der Waals surface area contributed by atoms with Crippen LogP contribution >= 0.6 is 11.8 Å². The van der Waals surface area contributed by atoms with Crippen molar-refractivity contribution in [2.45, 2.75) is 25.4 Å². The summed E-state index contributed by atoms with van der Waals surface area (Å²) >= 11 is 2.03. The van der Waals surface area contributed by atoms with Gasteiger partial charge in [0.15, 0.2) is 6.39 Å². The number of aromatic nitrogens is 1. The molecule has 13 heavy (non-hydrogen) atoms. The molecule has 1 unspecified atom stereocenters. The molecule has 1 aromatic heterocycles. The molecule has 0 spiro atoms. The van der Waals surface area contributed by atoms with Crippen LogP contribution in [0, 0.1) is 0 Å². The van der Waals surface area contributed by atoms with Gasteiger partial charge in [-0.15, -0.1) is 0 Å². The maximum Gasteiger partial charge on any atom is 0.180 e. The topological polar surface area (TPSA) is 38.1 Å². The fourth-order valence-electron chi connectivity index (χ4n) is 1.48. The third-order valence-corrected chi connectivity index (χ3v) is 3.42. The van der Waals surface area contributed by atoms with Crippen LogP contribution in [-0.2, 0) is 6.54 Å². The van der Waals surface area contributed by atoms with Crippen LogP contribution < -0.4 is 5.32 Å². The first kappa shape index (κ1) is 9.09. The molecule has 0 aliphatic carbocycles. The summed E-state index contributed by atoms with van der Waals surface area (Å²) in [6.45, 7) is 0.811. The van der Waals surface area contributed by atoms with Gasteiger partial charge in [-0.1, -0.05) is 0 Å². The first-order valence-electron chi connectivity index (χ1n) is 4.63. The Hall–Kier alpha value is -0.480. The molecule has 3 nitrogen and oxygen atoms in total. The molecule has 0 radical (unpaired) electrons. The molecule has 1 atom stereocenters. The van der Waals surface area contributed by atoms with Gasteiger partial charge < -0.3 is 9.73 Å². The molecule has 1 aromatic rings. The highest BCUT2D eigenvalue weighted by Crippen LogP contribution is 2.17. The number of thioether (sulfide) groups is 1. The summed E-state index contributed by atoms with van der Waals surface area (Å²) in [4.78, 5) is 3.87. The van der Waals surface area contributed by atoms with E-state index in [1.165, 1.54) is 30.7 Å². The van der Waals surface area contributed by atoms with Crippen molar-refractivity contribution in [3.63, 3.8) is 0 Å². The summed E-state index contributed by atoms with van der Waals surface area (Å²) in [6, 6.07) is 0.656. The van der Waals surface area contributed by atoms with Crippen molar-refractivity contribution in [2.75, 3.05) is 11.5 Å². The van der Waals surface area contributed by atoms with Crippen molar-refractivity contribution in [3.8, 4) is 0 Å². The Morgan fingerprint density at radius 1 is 1.69 bits per heavy atom. The van der Waals surface area contributed by atoms with Gasteiger partial charge in [0.25, 0.3) is 0 Å². The highest BCUT2D eigenvalue weighted by atomic mass is 32.2. The third-order valence-electron chi connectivity index (χ3n) is 2.21. The summed E-state index contributed by atoms with van der Waals surface area (Å²) in [5.41, 5.74) is 0. The summed E-state index contributed by atoms with van der Waals surface area (Å²) in [5.74, 6) is 3.48. The molecule has 1 aliphatic heterocycles. The van der Waals surface area contributed by atoms with Crippen molar-refractivity contribution < 1.29 is 4.42 Å². The number of hydrogen-bond acceptors (Lipinski definition) is 4. The minimum atomic E-state index is 0.656. The average Bonchev–Trinajstić information content (AvgIpc) is 2.69. The van der Waals surface area contributed by atoms with Crippen LogP contribution in [0.3, 0.4) is 0 Å². The van der Waals surface area contributed by atoms with E-state index in [9.17, 15) is 0 Å². The Kier molecular flexibility index (Phi) is 3.27. The largest absolute Gasteiger partial charge is 0.447 e. The van der Waals surface area contributed by atoms with Gasteiger partial charge in [0.1, 0.15) is 5.76 Å². The molecule has 0 aromatic carbocycles. The molecule has 2 heterocycles. The van der Waals surface area contributed by atoms with E-state index >= 15 is 0 Å². The van der Waals surface area contributed by atoms with Crippen molar-refractivity contribution >= 4 is 11.8 Å². The van der Waals surface area contributed by atoms with Crippen molar-refractivity contribution in [3.05, 3.63) is 18.4 Å². The van der Waals surface area contributed by atoms with E-state index in [2.05, 4.69) is 10.3 Å². The second-order valence-electron chi connectivity index (χ2n) is 3.26. The smallest absolute Gasteiger partial charge is 0.180 e. The van der Waals surface area contributed by atoms with Crippen LogP contribution in [0.5, 0.6) is 0 Å². The van der Waals surface area contributed by atoms with E-state index in [1.54, 1.807) is 6.20 Å². The van der Waals surface area contributed by atoms with Gasteiger partial charge >= 0.3 is 0 Å². The zero-order valence-corrected chi connectivity index (χ0v) is 8.35. The predicted molar refractivity (Wildman–Crippen MR) is 53.7 cm³/mol. The predicted octanol–water partition coefficient (Wildman–Crippen LogP) is 1.66. The zero-order valence-electron chi connectivity index (χ0n) is 7.53. The molecule has 1 N–H and O–H groups in total.